The van der Waals surface area contributed by atoms with Crippen molar-refractivity contribution < 1.29 is 28.6 Å². The fourth-order valence-electron chi connectivity index (χ4n) is 4.97. The molecule has 0 fully saturated rings. The quantitative estimate of drug-likeness (QED) is 0.0206. The van der Waals surface area contributed by atoms with Crippen LogP contribution in [-0.4, -0.2) is 37.2 Å². The van der Waals surface area contributed by atoms with E-state index in [2.05, 4.69) is 69.4 Å². The van der Waals surface area contributed by atoms with Crippen molar-refractivity contribution in [2.75, 3.05) is 13.2 Å². The molecular formula is C55H76O6. The van der Waals surface area contributed by atoms with E-state index in [0.29, 0.717) is 12.8 Å². The summed E-state index contributed by atoms with van der Waals surface area (Å²) >= 11 is 0. The lowest BCUT2D eigenvalue weighted by atomic mass is 10.1. The van der Waals surface area contributed by atoms with E-state index in [1.165, 1.54) is 0 Å². The third kappa shape index (κ3) is 45.4. The van der Waals surface area contributed by atoms with Gasteiger partial charge in [-0.2, -0.15) is 0 Å². The number of carbonyl (C=O) groups excluding carboxylic acids is 3. The molecule has 0 saturated carbocycles. The molecule has 0 aromatic carbocycles. The van der Waals surface area contributed by atoms with Crippen molar-refractivity contribution in [3.8, 4) is 0 Å². The summed E-state index contributed by atoms with van der Waals surface area (Å²) in [5.74, 6) is -1.20. The third-order valence-corrected chi connectivity index (χ3v) is 8.24. The van der Waals surface area contributed by atoms with Crippen molar-refractivity contribution in [3.05, 3.63) is 182 Å². The molecule has 0 heterocycles. The van der Waals surface area contributed by atoms with Crippen LogP contribution in [0.25, 0.3) is 0 Å². The molecular weight excluding hydrogens is 757 g/mol. The largest absolute Gasteiger partial charge is 0.462 e. The van der Waals surface area contributed by atoms with Crippen molar-refractivity contribution in [3.63, 3.8) is 0 Å². The highest BCUT2D eigenvalue weighted by Crippen LogP contribution is 2.09. The molecule has 0 amide bonds. The molecule has 0 N–H and O–H groups in total. The average Bonchev–Trinajstić information content (AvgIpc) is 3.26. The lowest BCUT2D eigenvalue weighted by Crippen LogP contribution is -2.30. The first-order valence-electron chi connectivity index (χ1n) is 22.5. The number of ether oxygens (including phenoxy) is 3. The number of esters is 3. The van der Waals surface area contributed by atoms with Crippen LogP contribution in [0.3, 0.4) is 0 Å². The number of unbranched alkanes of at least 4 members (excludes halogenated alkanes) is 6. The summed E-state index contributed by atoms with van der Waals surface area (Å²) in [6.45, 7) is 5.99. The van der Waals surface area contributed by atoms with E-state index >= 15 is 0 Å². The predicted molar refractivity (Wildman–Crippen MR) is 260 cm³/mol. The Bertz CT molecular complexity index is 1560. The van der Waals surface area contributed by atoms with Crippen molar-refractivity contribution in [2.24, 2.45) is 0 Å². The predicted octanol–water partition coefficient (Wildman–Crippen LogP) is 14.6. The van der Waals surface area contributed by atoms with Crippen LogP contribution in [0.5, 0.6) is 0 Å². The van der Waals surface area contributed by atoms with Crippen LogP contribution >= 0.6 is 0 Å². The topological polar surface area (TPSA) is 78.9 Å². The summed E-state index contributed by atoms with van der Waals surface area (Å²) in [5.41, 5.74) is 0. The van der Waals surface area contributed by atoms with E-state index in [1.54, 1.807) is 6.08 Å². The molecule has 0 aliphatic heterocycles. The average molecular weight is 833 g/mol. The molecule has 61 heavy (non-hydrogen) atoms. The van der Waals surface area contributed by atoms with Crippen molar-refractivity contribution in [1.82, 2.24) is 0 Å². The summed E-state index contributed by atoms with van der Waals surface area (Å²) in [4.78, 5) is 37.7. The molecule has 0 saturated heterocycles. The fraction of sp³-hybridized carbons (Fsp3) is 0.400. The van der Waals surface area contributed by atoms with Crippen LogP contribution in [-0.2, 0) is 28.6 Å². The Hall–Kier alpha value is -5.49. The molecule has 0 aromatic rings. The van der Waals surface area contributed by atoms with Gasteiger partial charge in [-0.05, 0) is 70.6 Å². The zero-order valence-electron chi connectivity index (χ0n) is 37.6. The first-order chi connectivity index (χ1) is 30.0. The number of hydrogen-bond donors (Lipinski definition) is 0. The first kappa shape index (κ1) is 55.5. The summed E-state index contributed by atoms with van der Waals surface area (Å²) in [5, 5.41) is 0. The smallest absolute Gasteiger partial charge is 0.309 e. The summed E-state index contributed by atoms with van der Waals surface area (Å²) < 4.78 is 16.5. The standard InChI is InChI=1S/C55H76O6/c1-4-7-10-13-16-19-21-23-25-27-29-31-33-36-39-42-45-48-54(57)60-51-52(50-59-53(56)47-44-41-38-35-18-15-12-9-6-3)61-55(58)49-46-43-40-37-34-32-30-28-26-24-22-20-17-14-11-8-5-2/h7-14,16-35,41,44,52H,4-6,15,36-40,42-43,45-51H2,1-3H3/b10-7-,11-8-,12-9-,16-13-,17-14-,21-19-,22-20-,25-23-,26-24-,29-27+,30-28+,33-31-,34-32-,35-18-,44-41-. The highest BCUT2D eigenvalue weighted by molar-refractivity contribution is 5.72. The van der Waals surface area contributed by atoms with Crippen LogP contribution in [0.2, 0.25) is 0 Å². The Morgan fingerprint density at radius 2 is 0.721 bits per heavy atom. The second-order valence-corrected chi connectivity index (χ2v) is 13.8. The molecule has 6 nitrogen and oxygen atoms in total. The lowest BCUT2D eigenvalue weighted by molar-refractivity contribution is -0.166. The summed E-state index contributed by atoms with van der Waals surface area (Å²) in [6.07, 6.45) is 71.9. The van der Waals surface area contributed by atoms with Crippen LogP contribution < -0.4 is 0 Å². The van der Waals surface area contributed by atoms with E-state index in [1.807, 2.05) is 128 Å². The molecule has 0 rings (SSSR count). The van der Waals surface area contributed by atoms with Crippen LogP contribution in [0.1, 0.15) is 124 Å². The lowest BCUT2D eigenvalue weighted by Gasteiger charge is -2.18. The van der Waals surface area contributed by atoms with Crippen molar-refractivity contribution in [1.29, 1.82) is 0 Å². The monoisotopic (exact) mass is 833 g/mol. The molecule has 1 unspecified atom stereocenters. The molecule has 0 aliphatic carbocycles. The van der Waals surface area contributed by atoms with E-state index in [4.69, 9.17) is 14.2 Å². The highest BCUT2D eigenvalue weighted by atomic mass is 16.6. The Morgan fingerprint density at radius 3 is 1.16 bits per heavy atom. The van der Waals surface area contributed by atoms with Gasteiger partial charge in [-0.3, -0.25) is 14.4 Å². The maximum atomic E-state index is 12.7. The molecule has 0 bridgehead atoms. The normalized spacial score (nSPS) is 13.8. The van der Waals surface area contributed by atoms with Crippen molar-refractivity contribution in [2.45, 2.75) is 130 Å². The highest BCUT2D eigenvalue weighted by Gasteiger charge is 2.19. The molecule has 6 heteroatoms. The minimum absolute atomic E-state index is 0.104. The van der Waals surface area contributed by atoms with Gasteiger partial charge in [0.15, 0.2) is 6.10 Å². The van der Waals surface area contributed by atoms with Gasteiger partial charge in [0.1, 0.15) is 13.2 Å². The van der Waals surface area contributed by atoms with Crippen LogP contribution in [0.4, 0.5) is 0 Å². The Morgan fingerprint density at radius 1 is 0.361 bits per heavy atom. The number of carbonyl (C=O) groups is 3. The molecule has 0 spiro atoms. The number of rotatable bonds is 36. The van der Waals surface area contributed by atoms with Gasteiger partial charge in [-0.25, -0.2) is 0 Å². The maximum Gasteiger partial charge on any atom is 0.309 e. The van der Waals surface area contributed by atoms with E-state index in [0.717, 1.165) is 70.6 Å². The Kier molecular flexibility index (Phi) is 42.9. The summed E-state index contributed by atoms with van der Waals surface area (Å²) in [6, 6.07) is 0. The van der Waals surface area contributed by atoms with Crippen LogP contribution in [0, 0.1) is 0 Å². The molecule has 332 valence electrons. The Labute approximate surface area is 370 Å². The zero-order valence-corrected chi connectivity index (χ0v) is 37.6. The minimum atomic E-state index is -0.865. The maximum absolute atomic E-state index is 12.7. The van der Waals surface area contributed by atoms with Gasteiger partial charge in [0.05, 0.1) is 6.42 Å². The first-order valence-corrected chi connectivity index (χ1v) is 22.5. The van der Waals surface area contributed by atoms with Crippen LogP contribution in [0.15, 0.2) is 182 Å². The molecule has 0 aliphatic rings. The third-order valence-electron chi connectivity index (χ3n) is 8.24. The molecule has 1 atom stereocenters. The van der Waals surface area contributed by atoms with Gasteiger partial charge >= 0.3 is 17.9 Å². The van der Waals surface area contributed by atoms with Crippen molar-refractivity contribution >= 4 is 17.9 Å². The number of allylic oxidation sites excluding steroid dienone is 29. The van der Waals surface area contributed by atoms with Gasteiger partial charge < -0.3 is 14.2 Å². The summed E-state index contributed by atoms with van der Waals surface area (Å²) in [7, 11) is 0. The van der Waals surface area contributed by atoms with E-state index in [-0.39, 0.29) is 38.4 Å². The van der Waals surface area contributed by atoms with Gasteiger partial charge in [-0.1, -0.05) is 216 Å². The van der Waals surface area contributed by atoms with E-state index < -0.39 is 18.0 Å². The minimum Gasteiger partial charge on any atom is -0.462 e. The Balaban J connectivity index is 4.67. The van der Waals surface area contributed by atoms with E-state index in [9.17, 15) is 14.4 Å². The van der Waals surface area contributed by atoms with Gasteiger partial charge in [0.25, 0.3) is 0 Å². The van der Waals surface area contributed by atoms with Gasteiger partial charge in [-0.15, -0.1) is 0 Å². The van der Waals surface area contributed by atoms with Gasteiger partial charge in [0.2, 0.25) is 0 Å². The zero-order chi connectivity index (χ0) is 44.4. The number of hydrogen-bond acceptors (Lipinski definition) is 6. The van der Waals surface area contributed by atoms with Gasteiger partial charge in [0, 0.05) is 12.8 Å². The second-order valence-electron chi connectivity index (χ2n) is 13.8. The second kappa shape index (κ2) is 47.2. The molecule has 0 radical (unpaired) electrons. The SMILES string of the molecule is CC\C=C/C=C\C=C/C=C\C=C\C=C/CCCCCC(=O)OCC(COC(=O)C/C=C\C/C=C\C/C=C\CC)OC(=O)CCCCC\C=C/C=C/C=C\C=C/C=C\C=C/CC. The molecule has 0 aromatic heterocycles. The fourth-order valence-corrected chi connectivity index (χ4v) is 4.97.